The highest BCUT2D eigenvalue weighted by atomic mass is 16.5. The van der Waals surface area contributed by atoms with Crippen LogP contribution in [0, 0.1) is 20.8 Å². The lowest BCUT2D eigenvalue weighted by atomic mass is 9.92. The van der Waals surface area contributed by atoms with Crippen molar-refractivity contribution in [1.29, 1.82) is 0 Å². The van der Waals surface area contributed by atoms with Gasteiger partial charge in [0.15, 0.2) is 11.5 Å². The summed E-state index contributed by atoms with van der Waals surface area (Å²) in [5, 5.41) is 11.5. The Morgan fingerprint density at radius 3 is 2.25 bits per heavy atom. The highest BCUT2D eigenvalue weighted by Crippen LogP contribution is 2.44. The molecule has 1 fully saturated rings. The number of anilines is 1. The van der Waals surface area contributed by atoms with Gasteiger partial charge in [0.2, 0.25) is 0 Å². The van der Waals surface area contributed by atoms with E-state index in [0.29, 0.717) is 36.0 Å². The van der Waals surface area contributed by atoms with Crippen LogP contribution in [-0.2, 0) is 9.59 Å². The summed E-state index contributed by atoms with van der Waals surface area (Å²) in [4.78, 5) is 28.4. The molecule has 1 saturated heterocycles. The average Bonchev–Trinajstić information content (AvgIpc) is 3.12. The fourth-order valence-corrected chi connectivity index (χ4v) is 4.58. The van der Waals surface area contributed by atoms with Crippen molar-refractivity contribution in [3.05, 3.63) is 94.1 Å². The molecule has 1 unspecified atom stereocenters. The smallest absolute Gasteiger partial charge is 0.300 e. The molecule has 0 spiro atoms. The number of ketones is 1. The van der Waals surface area contributed by atoms with E-state index in [1.165, 1.54) is 4.90 Å². The summed E-state index contributed by atoms with van der Waals surface area (Å²) in [5.41, 5.74) is 4.54. The van der Waals surface area contributed by atoms with Gasteiger partial charge in [-0.3, -0.25) is 14.5 Å². The topological polar surface area (TPSA) is 76.1 Å². The molecule has 1 heterocycles. The standard InChI is InChI=1S/C30H31NO5/c1-6-35-24-14-13-22(17-25(24)36-7-2)31-27(21-10-8-9-18(3)15-21)26(29(33)30(31)34)28(32)23-16-19(4)11-12-20(23)5/h8-17,27,32H,6-7H2,1-5H3/b28-26+. The fraction of sp³-hybridized carbons (Fsp3) is 0.267. The molecule has 3 aromatic carbocycles. The van der Waals surface area contributed by atoms with Gasteiger partial charge in [0.05, 0.1) is 24.8 Å². The van der Waals surface area contributed by atoms with Crippen LogP contribution >= 0.6 is 0 Å². The molecule has 36 heavy (non-hydrogen) atoms. The second kappa shape index (κ2) is 10.3. The summed E-state index contributed by atoms with van der Waals surface area (Å²) < 4.78 is 11.5. The Labute approximate surface area is 211 Å². The van der Waals surface area contributed by atoms with Crippen LogP contribution in [0.4, 0.5) is 5.69 Å². The predicted octanol–water partition coefficient (Wildman–Crippen LogP) is 6.04. The SMILES string of the molecule is CCOc1ccc(N2C(=O)C(=O)/C(=C(/O)c3cc(C)ccc3C)C2c2cccc(C)c2)cc1OCC. The number of ether oxygens (including phenoxy) is 2. The number of nitrogens with zero attached hydrogens (tertiary/aromatic N) is 1. The number of benzene rings is 3. The van der Waals surface area contributed by atoms with Crippen LogP contribution in [0.3, 0.4) is 0 Å². The Morgan fingerprint density at radius 1 is 0.861 bits per heavy atom. The molecule has 6 nitrogen and oxygen atoms in total. The van der Waals surface area contributed by atoms with E-state index in [-0.39, 0.29) is 11.3 Å². The zero-order chi connectivity index (χ0) is 26.0. The highest BCUT2D eigenvalue weighted by molar-refractivity contribution is 6.51. The van der Waals surface area contributed by atoms with E-state index in [2.05, 4.69) is 0 Å². The van der Waals surface area contributed by atoms with Crippen molar-refractivity contribution in [2.45, 2.75) is 40.7 Å². The zero-order valence-corrected chi connectivity index (χ0v) is 21.3. The van der Waals surface area contributed by atoms with Crippen molar-refractivity contribution in [3.8, 4) is 11.5 Å². The molecular weight excluding hydrogens is 454 g/mol. The van der Waals surface area contributed by atoms with Crippen LogP contribution in [0.1, 0.15) is 47.7 Å². The van der Waals surface area contributed by atoms with Crippen molar-refractivity contribution in [1.82, 2.24) is 0 Å². The van der Waals surface area contributed by atoms with Gasteiger partial charge < -0.3 is 14.6 Å². The number of aliphatic hydroxyl groups is 1. The van der Waals surface area contributed by atoms with Gasteiger partial charge in [-0.25, -0.2) is 0 Å². The number of Topliss-reactive ketones (excluding diaryl/α,β-unsaturated/α-hetero) is 1. The van der Waals surface area contributed by atoms with Gasteiger partial charge >= 0.3 is 0 Å². The summed E-state index contributed by atoms with van der Waals surface area (Å²) in [7, 11) is 0. The first kappa shape index (κ1) is 25.0. The van der Waals surface area contributed by atoms with E-state index in [4.69, 9.17) is 9.47 Å². The van der Waals surface area contributed by atoms with Gasteiger partial charge in [0.1, 0.15) is 5.76 Å². The largest absolute Gasteiger partial charge is 0.507 e. The van der Waals surface area contributed by atoms with Crippen molar-refractivity contribution in [2.24, 2.45) is 0 Å². The lowest BCUT2D eigenvalue weighted by Gasteiger charge is -2.26. The van der Waals surface area contributed by atoms with Gasteiger partial charge in [-0.1, -0.05) is 47.5 Å². The molecule has 186 valence electrons. The molecule has 6 heteroatoms. The summed E-state index contributed by atoms with van der Waals surface area (Å²) in [6.45, 7) is 10.4. The monoisotopic (exact) mass is 485 g/mol. The minimum atomic E-state index is -0.808. The molecule has 0 saturated carbocycles. The van der Waals surface area contributed by atoms with Gasteiger partial charge in [0, 0.05) is 17.3 Å². The maximum atomic E-state index is 13.5. The maximum Gasteiger partial charge on any atom is 0.300 e. The number of hydrogen-bond donors (Lipinski definition) is 1. The Kier molecular flexibility index (Phi) is 7.15. The first-order chi connectivity index (χ1) is 17.3. The minimum absolute atomic E-state index is 0.0612. The number of carbonyl (C=O) groups excluding carboxylic acids is 2. The number of aliphatic hydroxyl groups excluding tert-OH is 1. The second-order valence-electron chi connectivity index (χ2n) is 8.90. The molecule has 0 aliphatic carbocycles. The molecule has 1 aliphatic heterocycles. The Hall–Kier alpha value is -4.06. The predicted molar refractivity (Wildman–Crippen MR) is 141 cm³/mol. The van der Waals surface area contributed by atoms with E-state index in [0.717, 1.165) is 22.3 Å². The quantitative estimate of drug-likeness (QED) is 0.251. The lowest BCUT2D eigenvalue weighted by molar-refractivity contribution is -0.132. The molecule has 0 radical (unpaired) electrons. The maximum absolute atomic E-state index is 13.5. The molecular formula is C30H31NO5. The normalized spacial score (nSPS) is 16.9. The van der Waals surface area contributed by atoms with Crippen LogP contribution in [0.25, 0.3) is 5.76 Å². The van der Waals surface area contributed by atoms with Gasteiger partial charge in [0.25, 0.3) is 11.7 Å². The Morgan fingerprint density at radius 2 is 1.56 bits per heavy atom. The molecule has 0 aromatic heterocycles. The molecule has 1 atom stereocenters. The summed E-state index contributed by atoms with van der Waals surface area (Å²) in [6, 6.07) is 17.7. The van der Waals surface area contributed by atoms with Crippen molar-refractivity contribution >= 4 is 23.1 Å². The summed E-state index contributed by atoms with van der Waals surface area (Å²) in [5.74, 6) is -0.579. The Bertz CT molecular complexity index is 1360. The Balaban J connectivity index is 1.96. The van der Waals surface area contributed by atoms with Crippen molar-refractivity contribution < 1.29 is 24.2 Å². The zero-order valence-electron chi connectivity index (χ0n) is 21.3. The van der Waals surface area contributed by atoms with E-state index in [1.54, 1.807) is 18.2 Å². The first-order valence-corrected chi connectivity index (χ1v) is 12.1. The summed E-state index contributed by atoms with van der Waals surface area (Å²) >= 11 is 0. The van der Waals surface area contributed by atoms with Gasteiger partial charge in [-0.15, -0.1) is 0 Å². The third kappa shape index (κ3) is 4.59. The van der Waals surface area contributed by atoms with Crippen LogP contribution in [0.5, 0.6) is 11.5 Å². The molecule has 0 bridgehead atoms. The molecule has 4 rings (SSSR count). The fourth-order valence-electron chi connectivity index (χ4n) is 4.58. The number of hydrogen-bond acceptors (Lipinski definition) is 5. The second-order valence-corrected chi connectivity index (χ2v) is 8.90. The van der Waals surface area contributed by atoms with Crippen LogP contribution in [-0.4, -0.2) is 30.0 Å². The number of aryl methyl sites for hydroxylation is 3. The lowest BCUT2D eigenvalue weighted by Crippen LogP contribution is -2.29. The number of rotatable bonds is 7. The number of amides is 1. The van der Waals surface area contributed by atoms with Gasteiger partial charge in [-0.05, 0) is 63.9 Å². The average molecular weight is 486 g/mol. The van der Waals surface area contributed by atoms with E-state index < -0.39 is 17.7 Å². The van der Waals surface area contributed by atoms with Crippen LogP contribution in [0.15, 0.2) is 66.2 Å². The third-order valence-corrected chi connectivity index (χ3v) is 6.26. The molecule has 3 aromatic rings. The molecule has 1 aliphatic rings. The van der Waals surface area contributed by atoms with Gasteiger partial charge in [-0.2, -0.15) is 0 Å². The third-order valence-electron chi connectivity index (χ3n) is 6.26. The summed E-state index contributed by atoms with van der Waals surface area (Å²) in [6.07, 6.45) is 0. The van der Waals surface area contributed by atoms with Crippen LogP contribution < -0.4 is 14.4 Å². The number of carbonyl (C=O) groups is 2. The van der Waals surface area contributed by atoms with Crippen molar-refractivity contribution in [3.63, 3.8) is 0 Å². The molecule has 1 amide bonds. The molecule has 1 N–H and O–H groups in total. The van der Waals surface area contributed by atoms with Crippen LogP contribution in [0.2, 0.25) is 0 Å². The minimum Gasteiger partial charge on any atom is -0.507 e. The van der Waals surface area contributed by atoms with E-state index in [9.17, 15) is 14.7 Å². The first-order valence-electron chi connectivity index (χ1n) is 12.1. The van der Waals surface area contributed by atoms with E-state index in [1.807, 2.05) is 77.1 Å². The highest BCUT2D eigenvalue weighted by Gasteiger charge is 2.47. The van der Waals surface area contributed by atoms with E-state index >= 15 is 0 Å². The van der Waals surface area contributed by atoms with Crippen molar-refractivity contribution in [2.75, 3.05) is 18.1 Å².